The lowest BCUT2D eigenvalue weighted by atomic mass is 10.2. The Morgan fingerprint density at radius 3 is 2.55 bits per heavy atom. The number of benzene rings is 1. The number of rotatable bonds is 7. The largest absolute Gasteiger partial charge is 0.497 e. The highest BCUT2D eigenvalue weighted by Gasteiger charge is 2.12. The molecule has 0 radical (unpaired) electrons. The van der Waals surface area contributed by atoms with E-state index in [0.29, 0.717) is 36.1 Å². The summed E-state index contributed by atoms with van der Waals surface area (Å²) in [5.41, 5.74) is 0.638. The quantitative estimate of drug-likeness (QED) is 0.754. The molecule has 0 aliphatic carbocycles. The maximum atomic E-state index is 11.2. The average Bonchev–Trinajstić information content (AvgIpc) is 2.55. The molecule has 7 nitrogen and oxygen atoms in total. The van der Waals surface area contributed by atoms with Gasteiger partial charge in [0.25, 0.3) is 0 Å². The molecule has 0 atom stereocenters. The predicted octanol–water partition coefficient (Wildman–Crippen LogP) is 1.91. The summed E-state index contributed by atoms with van der Waals surface area (Å²) in [7, 11) is 3.17. The summed E-state index contributed by atoms with van der Waals surface area (Å²) >= 11 is 0. The number of nitrogens with one attached hydrogen (secondary N) is 1. The van der Waals surface area contributed by atoms with Crippen molar-refractivity contribution in [3.05, 3.63) is 36.0 Å². The van der Waals surface area contributed by atoms with Crippen molar-refractivity contribution in [2.24, 2.45) is 0 Å². The van der Waals surface area contributed by atoms with Gasteiger partial charge in [0.05, 0.1) is 13.7 Å². The second-order valence-electron chi connectivity index (χ2n) is 4.42. The van der Waals surface area contributed by atoms with E-state index in [4.69, 9.17) is 9.47 Å². The Morgan fingerprint density at radius 1 is 1.23 bits per heavy atom. The van der Waals surface area contributed by atoms with Gasteiger partial charge in [-0.05, 0) is 24.3 Å². The standard InChI is InChI=1S/C15H17N3O4/c1-21-8-7-16-13-9-12(15(19)20)17-14(18-13)10-3-5-11(22-2)6-4-10/h3-6,9H,7-8H2,1-2H3,(H,19,20)(H,16,17,18). The summed E-state index contributed by atoms with van der Waals surface area (Å²) in [6, 6.07) is 8.48. The van der Waals surface area contributed by atoms with E-state index in [2.05, 4.69) is 15.3 Å². The Kier molecular flexibility index (Phi) is 5.26. The van der Waals surface area contributed by atoms with E-state index in [-0.39, 0.29) is 5.69 Å². The lowest BCUT2D eigenvalue weighted by Gasteiger charge is -2.09. The lowest BCUT2D eigenvalue weighted by Crippen LogP contribution is -2.11. The highest BCUT2D eigenvalue weighted by molar-refractivity contribution is 5.87. The van der Waals surface area contributed by atoms with Gasteiger partial charge in [0.1, 0.15) is 11.6 Å². The fourth-order valence-corrected chi connectivity index (χ4v) is 1.80. The molecule has 0 saturated carbocycles. The third-order valence-electron chi connectivity index (χ3n) is 2.91. The Balaban J connectivity index is 2.33. The average molecular weight is 303 g/mol. The van der Waals surface area contributed by atoms with Crippen LogP contribution in [0.4, 0.5) is 5.82 Å². The van der Waals surface area contributed by atoms with Crippen molar-refractivity contribution < 1.29 is 19.4 Å². The zero-order chi connectivity index (χ0) is 15.9. The van der Waals surface area contributed by atoms with E-state index >= 15 is 0 Å². The van der Waals surface area contributed by atoms with Crippen LogP contribution in [0, 0.1) is 0 Å². The Bertz CT molecular complexity index is 644. The first-order valence-electron chi connectivity index (χ1n) is 6.63. The molecule has 0 aliphatic heterocycles. The number of nitrogens with zero attached hydrogens (tertiary/aromatic N) is 2. The number of hydrogen-bond acceptors (Lipinski definition) is 6. The maximum Gasteiger partial charge on any atom is 0.354 e. The Morgan fingerprint density at radius 2 is 1.95 bits per heavy atom. The number of carboxylic acid groups (broad SMARTS) is 1. The van der Waals surface area contributed by atoms with Crippen LogP contribution in [0.15, 0.2) is 30.3 Å². The van der Waals surface area contributed by atoms with Gasteiger partial charge in [0, 0.05) is 25.3 Å². The summed E-state index contributed by atoms with van der Waals surface area (Å²) in [6.07, 6.45) is 0. The minimum Gasteiger partial charge on any atom is -0.497 e. The molecule has 2 rings (SSSR count). The van der Waals surface area contributed by atoms with Crippen LogP contribution in [0.3, 0.4) is 0 Å². The molecule has 2 N–H and O–H groups in total. The monoisotopic (exact) mass is 303 g/mol. The fourth-order valence-electron chi connectivity index (χ4n) is 1.80. The van der Waals surface area contributed by atoms with E-state index in [9.17, 15) is 9.90 Å². The molecule has 0 fully saturated rings. The minimum absolute atomic E-state index is 0.0688. The molecular weight excluding hydrogens is 286 g/mol. The summed E-state index contributed by atoms with van der Waals surface area (Å²) in [4.78, 5) is 19.6. The molecule has 0 aliphatic rings. The number of hydrogen-bond donors (Lipinski definition) is 2. The molecule has 1 aromatic heterocycles. The van der Waals surface area contributed by atoms with Crippen molar-refractivity contribution in [2.75, 3.05) is 32.7 Å². The van der Waals surface area contributed by atoms with Gasteiger partial charge in [-0.15, -0.1) is 0 Å². The van der Waals surface area contributed by atoms with Crippen molar-refractivity contribution in [2.45, 2.75) is 0 Å². The lowest BCUT2D eigenvalue weighted by molar-refractivity contribution is 0.0690. The normalized spacial score (nSPS) is 10.3. The van der Waals surface area contributed by atoms with Gasteiger partial charge in [-0.25, -0.2) is 14.8 Å². The third-order valence-corrected chi connectivity index (χ3v) is 2.91. The van der Waals surface area contributed by atoms with Crippen molar-refractivity contribution >= 4 is 11.8 Å². The Hall–Kier alpha value is -2.67. The van der Waals surface area contributed by atoms with Gasteiger partial charge < -0.3 is 19.9 Å². The third kappa shape index (κ3) is 3.92. The van der Waals surface area contributed by atoms with Gasteiger partial charge in [0.15, 0.2) is 11.5 Å². The predicted molar refractivity (Wildman–Crippen MR) is 81.3 cm³/mol. The zero-order valence-corrected chi connectivity index (χ0v) is 12.4. The number of anilines is 1. The summed E-state index contributed by atoms with van der Waals surface area (Å²) < 4.78 is 10.0. The zero-order valence-electron chi connectivity index (χ0n) is 12.4. The van der Waals surface area contributed by atoms with Gasteiger partial charge >= 0.3 is 5.97 Å². The molecule has 2 aromatic rings. The number of ether oxygens (including phenoxy) is 2. The maximum absolute atomic E-state index is 11.2. The van der Waals surface area contributed by atoms with Crippen LogP contribution in [0.1, 0.15) is 10.5 Å². The van der Waals surface area contributed by atoms with Crippen molar-refractivity contribution in [3.63, 3.8) is 0 Å². The highest BCUT2D eigenvalue weighted by Crippen LogP contribution is 2.21. The van der Waals surface area contributed by atoms with Crippen LogP contribution in [0.5, 0.6) is 5.75 Å². The summed E-state index contributed by atoms with van der Waals surface area (Å²) in [6.45, 7) is 1.01. The molecule has 1 aromatic carbocycles. The van der Waals surface area contributed by atoms with Crippen LogP contribution in [-0.4, -0.2) is 48.4 Å². The smallest absolute Gasteiger partial charge is 0.354 e. The summed E-state index contributed by atoms with van der Waals surface area (Å²) in [5.74, 6) is 0.376. The van der Waals surface area contributed by atoms with E-state index in [1.165, 1.54) is 6.07 Å². The first-order valence-corrected chi connectivity index (χ1v) is 6.63. The molecule has 0 saturated heterocycles. The highest BCUT2D eigenvalue weighted by atomic mass is 16.5. The molecule has 1 heterocycles. The fraction of sp³-hybridized carbons (Fsp3) is 0.267. The van der Waals surface area contributed by atoms with E-state index in [0.717, 1.165) is 0 Å². The molecule has 7 heteroatoms. The van der Waals surface area contributed by atoms with E-state index in [1.54, 1.807) is 38.5 Å². The number of aromatic carboxylic acids is 1. The van der Waals surface area contributed by atoms with Gasteiger partial charge in [-0.2, -0.15) is 0 Å². The molecule has 0 spiro atoms. The van der Waals surface area contributed by atoms with Crippen molar-refractivity contribution in [1.29, 1.82) is 0 Å². The number of carboxylic acids is 1. The summed E-state index contributed by atoms with van der Waals surface area (Å²) in [5, 5.41) is 12.2. The van der Waals surface area contributed by atoms with Gasteiger partial charge in [-0.3, -0.25) is 0 Å². The molecule has 0 amide bonds. The first-order chi connectivity index (χ1) is 10.6. The van der Waals surface area contributed by atoms with Crippen LogP contribution in [0.25, 0.3) is 11.4 Å². The van der Waals surface area contributed by atoms with Crippen LogP contribution in [0.2, 0.25) is 0 Å². The molecule has 0 unspecified atom stereocenters. The van der Waals surface area contributed by atoms with E-state index in [1.807, 2.05) is 0 Å². The molecular formula is C15H17N3O4. The molecule has 116 valence electrons. The molecule has 22 heavy (non-hydrogen) atoms. The minimum atomic E-state index is -1.10. The molecule has 0 bridgehead atoms. The van der Waals surface area contributed by atoms with Gasteiger partial charge in [-0.1, -0.05) is 0 Å². The topological polar surface area (TPSA) is 93.6 Å². The van der Waals surface area contributed by atoms with Crippen molar-refractivity contribution in [1.82, 2.24) is 9.97 Å². The van der Waals surface area contributed by atoms with Crippen LogP contribution in [-0.2, 0) is 4.74 Å². The number of aromatic nitrogens is 2. The van der Waals surface area contributed by atoms with Crippen LogP contribution < -0.4 is 10.1 Å². The van der Waals surface area contributed by atoms with E-state index < -0.39 is 5.97 Å². The second kappa shape index (κ2) is 7.37. The number of methoxy groups -OCH3 is 2. The van der Waals surface area contributed by atoms with Crippen LogP contribution >= 0.6 is 0 Å². The van der Waals surface area contributed by atoms with Crippen molar-refractivity contribution in [3.8, 4) is 17.1 Å². The second-order valence-corrected chi connectivity index (χ2v) is 4.42. The Labute approximate surface area is 127 Å². The number of carbonyl (C=O) groups is 1. The SMILES string of the molecule is COCCNc1cc(C(=O)O)nc(-c2ccc(OC)cc2)n1. The first kappa shape index (κ1) is 15.7. The van der Waals surface area contributed by atoms with Gasteiger partial charge in [0.2, 0.25) is 0 Å².